The average Bonchev–Trinajstić information content (AvgIpc) is 2.83. The number of hydrogen-bond donors (Lipinski definition) is 1. The molecule has 0 unspecified atom stereocenters. The molecule has 6 heteroatoms. The molecule has 0 saturated heterocycles. The van der Waals surface area contributed by atoms with Crippen LogP contribution in [0.15, 0.2) is 21.2 Å². The Labute approximate surface area is 99.8 Å². The fraction of sp³-hybridized carbons (Fsp3) is 0.333. The van der Waals surface area contributed by atoms with Gasteiger partial charge in [-0.05, 0) is 34.6 Å². The van der Waals surface area contributed by atoms with Crippen LogP contribution in [0, 0.1) is 0 Å². The summed E-state index contributed by atoms with van der Waals surface area (Å²) in [7, 11) is 0. The molecule has 15 heavy (non-hydrogen) atoms. The number of nitrogens with zero attached hydrogens (tertiary/aromatic N) is 2. The molecule has 0 amide bonds. The van der Waals surface area contributed by atoms with Gasteiger partial charge in [-0.25, -0.2) is 0 Å². The van der Waals surface area contributed by atoms with Gasteiger partial charge < -0.3 is 9.73 Å². The molecule has 0 aliphatic heterocycles. The van der Waals surface area contributed by atoms with Crippen molar-refractivity contribution in [2.75, 3.05) is 6.54 Å². The van der Waals surface area contributed by atoms with Crippen molar-refractivity contribution >= 4 is 27.3 Å². The van der Waals surface area contributed by atoms with Crippen molar-refractivity contribution in [1.82, 2.24) is 15.5 Å². The summed E-state index contributed by atoms with van der Waals surface area (Å²) in [5, 5.41) is 13.1. The van der Waals surface area contributed by atoms with Gasteiger partial charge in [0.2, 0.25) is 0 Å². The molecule has 4 nitrogen and oxygen atoms in total. The summed E-state index contributed by atoms with van der Waals surface area (Å²) in [5.74, 6) is 0.752. The summed E-state index contributed by atoms with van der Waals surface area (Å²) < 4.78 is 6.10. The lowest BCUT2D eigenvalue weighted by Gasteiger charge is -1.93. The van der Waals surface area contributed by atoms with E-state index in [-0.39, 0.29) is 0 Å². The Hall–Kier alpha value is -0.720. The summed E-state index contributed by atoms with van der Waals surface area (Å²) in [5.41, 5.74) is 0. The maximum atomic E-state index is 5.39. The van der Waals surface area contributed by atoms with Crippen molar-refractivity contribution in [3.05, 3.63) is 21.8 Å². The molecule has 0 radical (unpaired) electrons. The fourth-order valence-electron chi connectivity index (χ4n) is 1.09. The van der Waals surface area contributed by atoms with E-state index in [2.05, 4.69) is 38.4 Å². The Kier molecular flexibility index (Phi) is 3.50. The van der Waals surface area contributed by atoms with Crippen LogP contribution in [0.1, 0.15) is 11.9 Å². The molecule has 2 heterocycles. The van der Waals surface area contributed by atoms with Gasteiger partial charge >= 0.3 is 0 Å². The van der Waals surface area contributed by atoms with Crippen molar-refractivity contribution in [2.45, 2.75) is 13.5 Å². The Morgan fingerprint density at radius 2 is 2.33 bits per heavy atom. The zero-order valence-corrected chi connectivity index (χ0v) is 10.6. The second kappa shape index (κ2) is 4.87. The predicted molar refractivity (Wildman–Crippen MR) is 62.7 cm³/mol. The van der Waals surface area contributed by atoms with Crippen LogP contribution in [-0.4, -0.2) is 16.7 Å². The fourth-order valence-corrected chi connectivity index (χ4v) is 2.16. The van der Waals surface area contributed by atoms with E-state index >= 15 is 0 Å². The van der Waals surface area contributed by atoms with Gasteiger partial charge in [-0.3, -0.25) is 0 Å². The van der Waals surface area contributed by atoms with Crippen molar-refractivity contribution in [3.8, 4) is 10.8 Å². The molecule has 0 spiro atoms. The van der Waals surface area contributed by atoms with E-state index in [9.17, 15) is 0 Å². The summed E-state index contributed by atoms with van der Waals surface area (Å²) in [4.78, 5) is 0. The molecular formula is C9H10BrN3OS. The maximum absolute atomic E-state index is 5.39. The number of furan rings is 1. The quantitative estimate of drug-likeness (QED) is 0.939. The van der Waals surface area contributed by atoms with Crippen LogP contribution < -0.4 is 5.32 Å². The van der Waals surface area contributed by atoms with Crippen LogP contribution in [0.25, 0.3) is 10.8 Å². The average molecular weight is 288 g/mol. The maximum Gasteiger partial charge on any atom is 0.183 e. The Balaban J connectivity index is 2.13. The second-order valence-corrected chi connectivity index (χ2v) is 4.73. The first-order valence-corrected chi connectivity index (χ1v) is 6.19. The monoisotopic (exact) mass is 287 g/mol. The number of hydrogen-bond acceptors (Lipinski definition) is 5. The number of nitrogens with one attached hydrogen (secondary N) is 1. The first kappa shape index (κ1) is 10.8. The van der Waals surface area contributed by atoms with Gasteiger partial charge in [0.25, 0.3) is 0 Å². The lowest BCUT2D eigenvalue weighted by atomic mass is 10.5. The van der Waals surface area contributed by atoms with Gasteiger partial charge in [-0.1, -0.05) is 18.3 Å². The Morgan fingerprint density at radius 3 is 3.00 bits per heavy atom. The molecule has 1 N–H and O–H groups in total. The number of halogens is 1. The molecule has 0 aromatic carbocycles. The molecule has 0 aliphatic carbocycles. The summed E-state index contributed by atoms with van der Waals surface area (Å²) in [6.45, 7) is 3.75. The molecule has 2 aromatic rings. The van der Waals surface area contributed by atoms with E-state index < -0.39 is 0 Å². The molecule has 0 saturated carbocycles. The lowest BCUT2D eigenvalue weighted by Crippen LogP contribution is -2.11. The van der Waals surface area contributed by atoms with Crippen LogP contribution in [0.2, 0.25) is 0 Å². The first-order valence-electron chi connectivity index (χ1n) is 4.58. The largest absolute Gasteiger partial charge is 0.447 e. The molecule has 0 bridgehead atoms. The third kappa shape index (κ3) is 2.64. The molecule has 80 valence electrons. The van der Waals surface area contributed by atoms with Gasteiger partial charge in [-0.15, -0.1) is 10.2 Å². The van der Waals surface area contributed by atoms with Gasteiger partial charge in [0.05, 0.1) is 0 Å². The van der Waals surface area contributed by atoms with Crippen LogP contribution in [-0.2, 0) is 6.54 Å². The van der Waals surface area contributed by atoms with E-state index in [1.807, 2.05) is 12.1 Å². The highest BCUT2D eigenvalue weighted by Crippen LogP contribution is 2.27. The Bertz CT molecular complexity index is 440. The standard InChI is InChI=1S/C9H10BrN3OS/c1-2-11-5-8-12-13-9(15-8)6-3-4-7(10)14-6/h3-4,11H,2,5H2,1H3. The topological polar surface area (TPSA) is 51.0 Å². The molecule has 0 aliphatic rings. The van der Waals surface area contributed by atoms with Crippen molar-refractivity contribution in [1.29, 1.82) is 0 Å². The predicted octanol–water partition coefficient (Wildman–Crippen LogP) is 2.67. The normalized spacial score (nSPS) is 10.8. The van der Waals surface area contributed by atoms with Gasteiger partial charge in [-0.2, -0.15) is 0 Å². The van der Waals surface area contributed by atoms with E-state index in [4.69, 9.17) is 4.42 Å². The van der Waals surface area contributed by atoms with Gasteiger partial charge in [0, 0.05) is 6.54 Å². The van der Waals surface area contributed by atoms with Crippen LogP contribution >= 0.6 is 27.3 Å². The minimum Gasteiger partial charge on any atom is -0.447 e. The van der Waals surface area contributed by atoms with E-state index in [0.717, 1.165) is 28.9 Å². The summed E-state index contributed by atoms with van der Waals surface area (Å²) in [6, 6.07) is 3.72. The van der Waals surface area contributed by atoms with Gasteiger partial charge in [0.15, 0.2) is 15.4 Å². The number of rotatable bonds is 4. The number of aromatic nitrogens is 2. The molecule has 2 aromatic heterocycles. The second-order valence-electron chi connectivity index (χ2n) is 2.89. The third-order valence-electron chi connectivity index (χ3n) is 1.78. The van der Waals surface area contributed by atoms with Gasteiger partial charge in [0.1, 0.15) is 5.01 Å². The highest BCUT2D eigenvalue weighted by molar-refractivity contribution is 9.10. The van der Waals surface area contributed by atoms with Crippen molar-refractivity contribution in [3.63, 3.8) is 0 Å². The SMILES string of the molecule is CCNCc1nnc(-c2ccc(Br)o2)s1. The smallest absolute Gasteiger partial charge is 0.183 e. The van der Waals surface area contributed by atoms with Crippen LogP contribution in [0.5, 0.6) is 0 Å². The van der Waals surface area contributed by atoms with E-state index in [1.165, 1.54) is 11.3 Å². The van der Waals surface area contributed by atoms with Crippen LogP contribution in [0.4, 0.5) is 0 Å². The van der Waals surface area contributed by atoms with E-state index in [1.54, 1.807) is 0 Å². The third-order valence-corrected chi connectivity index (χ3v) is 3.14. The van der Waals surface area contributed by atoms with E-state index in [0.29, 0.717) is 4.67 Å². The summed E-state index contributed by atoms with van der Waals surface area (Å²) >= 11 is 4.80. The molecule has 0 atom stereocenters. The lowest BCUT2D eigenvalue weighted by molar-refractivity contribution is 0.554. The highest BCUT2D eigenvalue weighted by atomic mass is 79.9. The minimum absolute atomic E-state index is 0.709. The van der Waals surface area contributed by atoms with Crippen molar-refractivity contribution in [2.24, 2.45) is 0 Å². The first-order chi connectivity index (χ1) is 7.29. The van der Waals surface area contributed by atoms with Crippen LogP contribution in [0.3, 0.4) is 0 Å². The Morgan fingerprint density at radius 1 is 1.47 bits per heavy atom. The highest BCUT2D eigenvalue weighted by Gasteiger charge is 2.09. The zero-order chi connectivity index (χ0) is 10.7. The molecular weight excluding hydrogens is 278 g/mol. The summed E-state index contributed by atoms with van der Waals surface area (Å²) in [6.07, 6.45) is 0. The van der Waals surface area contributed by atoms with Crippen molar-refractivity contribution < 1.29 is 4.42 Å². The zero-order valence-electron chi connectivity index (χ0n) is 8.16. The molecule has 0 fully saturated rings. The minimum atomic E-state index is 0.709. The molecule has 2 rings (SSSR count).